The molecule has 1 saturated heterocycles. The average molecular weight is 286 g/mol. The molecule has 0 amide bonds. The van der Waals surface area contributed by atoms with E-state index >= 15 is 0 Å². The first kappa shape index (κ1) is 13.2. The van der Waals surface area contributed by atoms with Gasteiger partial charge in [-0.1, -0.05) is 6.07 Å². The Morgan fingerprint density at radius 1 is 1.29 bits per heavy atom. The SMILES string of the molecule is C[C@]12CCC3c4ccc(O)cc4CCC3C1CCOC2=O. The minimum atomic E-state index is -0.270. The van der Waals surface area contributed by atoms with E-state index in [0.29, 0.717) is 30.1 Å². The van der Waals surface area contributed by atoms with Crippen molar-refractivity contribution in [3.8, 4) is 5.75 Å². The molecule has 0 spiro atoms. The van der Waals surface area contributed by atoms with Crippen LogP contribution < -0.4 is 0 Å². The molecule has 1 heterocycles. The van der Waals surface area contributed by atoms with Crippen LogP contribution in [0.3, 0.4) is 0 Å². The number of phenolic OH excluding ortho intramolecular Hbond substituents is 1. The van der Waals surface area contributed by atoms with Crippen LogP contribution >= 0.6 is 0 Å². The molecule has 0 aromatic heterocycles. The molecule has 0 radical (unpaired) electrons. The maximum atomic E-state index is 12.3. The van der Waals surface area contributed by atoms with E-state index in [1.807, 2.05) is 12.1 Å². The molecule has 1 N–H and O–H groups in total. The number of cyclic esters (lactones) is 1. The zero-order valence-electron chi connectivity index (χ0n) is 12.5. The molecule has 1 saturated carbocycles. The van der Waals surface area contributed by atoms with Crippen LogP contribution in [0, 0.1) is 17.3 Å². The first-order valence-electron chi connectivity index (χ1n) is 8.08. The largest absolute Gasteiger partial charge is 0.508 e. The zero-order chi connectivity index (χ0) is 14.6. The molecule has 4 atom stereocenters. The Kier molecular flexibility index (Phi) is 2.82. The van der Waals surface area contributed by atoms with Crippen molar-refractivity contribution in [2.75, 3.05) is 6.61 Å². The quantitative estimate of drug-likeness (QED) is 0.744. The van der Waals surface area contributed by atoms with Crippen LogP contribution in [0.5, 0.6) is 5.75 Å². The summed E-state index contributed by atoms with van der Waals surface area (Å²) in [6, 6.07) is 5.84. The van der Waals surface area contributed by atoms with Crippen LogP contribution in [-0.2, 0) is 16.0 Å². The molecule has 2 fully saturated rings. The summed E-state index contributed by atoms with van der Waals surface area (Å²) in [7, 11) is 0. The van der Waals surface area contributed by atoms with Crippen molar-refractivity contribution in [3.05, 3.63) is 29.3 Å². The van der Waals surface area contributed by atoms with Gasteiger partial charge in [0.2, 0.25) is 0 Å². The van der Waals surface area contributed by atoms with Gasteiger partial charge in [0, 0.05) is 0 Å². The molecule has 4 rings (SSSR count). The highest BCUT2D eigenvalue weighted by Crippen LogP contribution is 2.57. The lowest BCUT2D eigenvalue weighted by Gasteiger charge is -2.52. The number of aryl methyl sites for hydroxylation is 1. The van der Waals surface area contributed by atoms with Crippen LogP contribution in [0.2, 0.25) is 0 Å². The van der Waals surface area contributed by atoms with E-state index < -0.39 is 0 Å². The lowest BCUT2D eigenvalue weighted by atomic mass is 9.53. The van der Waals surface area contributed by atoms with Gasteiger partial charge in [-0.05, 0) is 80.0 Å². The summed E-state index contributed by atoms with van der Waals surface area (Å²) < 4.78 is 5.34. The predicted molar refractivity (Wildman–Crippen MR) is 79.1 cm³/mol. The van der Waals surface area contributed by atoms with Crippen LogP contribution in [-0.4, -0.2) is 17.7 Å². The lowest BCUT2D eigenvalue weighted by molar-refractivity contribution is -0.174. The molecule has 2 aliphatic carbocycles. The Labute approximate surface area is 125 Å². The summed E-state index contributed by atoms with van der Waals surface area (Å²) >= 11 is 0. The van der Waals surface area contributed by atoms with Crippen molar-refractivity contribution in [1.29, 1.82) is 0 Å². The average Bonchev–Trinajstić information content (AvgIpc) is 2.48. The number of carbonyl (C=O) groups excluding carboxylic acids is 1. The topological polar surface area (TPSA) is 46.5 Å². The third-order valence-electron chi connectivity index (χ3n) is 6.23. The first-order chi connectivity index (χ1) is 10.1. The van der Waals surface area contributed by atoms with E-state index in [2.05, 4.69) is 13.0 Å². The lowest BCUT2D eigenvalue weighted by Crippen LogP contribution is -2.50. The van der Waals surface area contributed by atoms with Gasteiger partial charge in [-0.25, -0.2) is 0 Å². The Morgan fingerprint density at radius 2 is 2.14 bits per heavy atom. The van der Waals surface area contributed by atoms with E-state index in [1.54, 1.807) is 0 Å². The number of rotatable bonds is 0. The number of aromatic hydroxyl groups is 1. The van der Waals surface area contributed by atoms with E-state index in [-0.39, 0.29) is 11.4 Å². The molecule has 112 valence electrons. The second-order valence-electron chi connectivity index (χ2n) is 7.18. The number of benzene rings is 1. The van der Waals surface area contributed by atoms with Crippen LogP contribution in [0.25, 0.3) is 0 Å². The Hall–Kier alpha value is -1.51. The molecular weight excluding hydrogens is 264 g/mol. The summed E-state index contributed by atoms with van der Waals surface area (Å²) in [6.45, 7) is 2.70. The number of carbonyl (C=O) groups is 1. The smallest absolute Gasteiger partial charge is 0.312 e. The third-order valence-corrected chi connectivity index (χ3v) is 6.23. The van der Waals surface area contributed by atoms with Crippen molar-refractivity contribution in [1.82, 2.24) is 0 Å². The summed E-state index contributed by atoms with van der Waals surface area (Å²) in [5.74, 6) is 1.99. The first-order valence-corrected chi connectivity index (χ1v) is 8.08. The summed E-state index contributed by atoms with van der Waals surface area (Å²) in [6.07, 6.45) is 5.15. The number of ether oxygens (including phenoxy) is 1. The standard InChI is InChI=1S/C18H22O3/c1-18-8-6-14-13-5-3-12(19)10-11(13)2-4-15(14)16(18)7-9-21-17(18)20/h3,5,10,14-16,19H,2,4,6-9H2,1H3/t14?,15?,16?,18-/m0/s1. The van der Waals surface area contributed by atoms with Gasteiger partial charge in [0.15, 0.2) is 0 Å². The number of hydrogen-bond acceptors (Lipinski definition) is 3. The van der Waals surface area contributed by atoms with Crippen LogP contribution in [0.1, 0.15) is 49.7 Å². The minimum Gasteiger partial charge on any atom is -0.508 e. The molecule has 3 unspecified atom stereocenters. The van der Waals surface area contributed by atoms with Crippen molar-refractivity contribution >= 4 is 5.97 Å². The van der Waals surface area contributed by atoms with Crippen molar-refractivity contribution in [2.24, 2.45) is 17.3 Å². The molecule has 3 nitrogen and oxygen atoms in total. The number of esters is 1. The van der Waals surface area contributed by atoms with Crippen molar-refractivity contribution < 1.29 is 14.6 Å². The maximum Gasteiger partial charge on any atom is 0.312 e. The van der Waals surface area contributed by atoms with Crippen molar-refractivity contribution in [3.63, 3.8) is 0 Å². The van der Waals surface area contributed by atoms with Crippen molar-refractivity contribution in [2.45, 2.75) is 44.9 Å². The molecule has 0 bridgehead atoms. The predicted octanol–water partition coefficient (Wildman–Crippen LogP) is 3.40. The minimum absolute atomic E-state index is 0.0219. The monoisotopic (exact) mass is 286 g/mol. The maximum absolute atomic E-state index is 12.3. The van der Waals surface area contributed by atoms with Crippen LogP contribution in [0.4, 0.5) is 0 Å². The van der Waals surface area contributed by atoms with Gasteiger partial charge in [0.25, 0.3) is 0 Å². The Morgan fingerprint density at radius 3 is 3.00 bits per heavy atom. The third kappa shape index (κ3) is 1.82. The molecule has 1 aromatic rings. The number of fused-ring (bicyclic) bond motifs is 5. The molecule has 1 aliphatic heterocycles. The van der Waals surface area contributed by atoms with Crippen LogP contribution in [0.15, 0.2) is 18.2 Å². The highest BCUT2D eigenvalue weighted by Gasteiger charge is 2.54. The second-order valence-corrected chi connectivity index (χ2v) is 7.18. The normalized spacial score (nSPS) is 38.0. The Bertz CT molecular complexity index is 594. The molecule has 21 heavy (non-hydrogen) atoms. The second kappa shape index (κ2) is 4.49. The summed E-state index contributed by atoms with van der Waals surface area (Å²) in [4.78, 5) is 12.3. The summed E-state index contributed by atoms with van der Waals surface area (Å²) in [5.41, 5.74) is 2.44. The van der Waals surface area contributed by atoms with Gasteiger partial charge < -0.3 is 9.84 Å². The fourth-order valence-electron chi connectivity index (χ4n) is 5.12. The molecule has 3 aliphatic rings. The van der Waals surface area contributed by atoms with E-state index in [0.717, 1.165) is 32.1 Å². The van der Waals surface area contributed by atoms with Gasteiger partial charge in [-0.15, -0.1) is 0 Å². The Balaban J connectivity index is 1.72. The van der Waals surface area contributed by atoms with Gasteiger partial charge in [0.05, 0.1) is 12.0 Å². The summed E-state index contributed by atoms with van der Waals surface area (Å²) in [5, 5.41) is 9.69. The molecule has 1 aromatic carbocycles. The number of hydrogen-bond donors (Lipinski definition) is 1. The highest BCUT2D eigenvalue weighted by molar-refractivity contribution is 5.77. The molecule has 3 heteroatoms. The van der Waals surface area contributed by atoms with Gasteiger partial charge in [-0.3, -0.25) is 4.79 Å². The van der Waals surface area contributed by atoms with Gasteiger partial charge in [-0.2, -0.15) is 0 Å². The van der Waals surface area contributed by atoms with Gasteiger partial charge >= 0.3 is 5.97 Å². The molecular formula is C18H22O3. The van der Waals surface area contributed by atoms with E-state index in [1.165, 1.54) is 11.1 Å². The fourth-order valence-corrected chi connectivity index (χ4v) is 5.12. The highest BCUT2D eigenvalue weighted by atomic mass is 16.5. The fraction of sp³-hybridized carbons (Fsp3) is 0.611. The van der Waals surface area contributed by atoms with E-state index in [9.17, 15) is 9.90 Å². The van der Waals surface area contributed by atoms with Gasteiger partial charge in [0.1, 0.15) is 5.75 Å². The zero-order valence-corrected chi connectivity index (χ0v) is 12.5. The van der Waals surface area contributed by atoms with E-state index in [4.69, 9.17) is 4.74 Å². The number of phenols is 1.